The molecule has 0 fully saturated rings. The molecule has 1 aromatic carbocycles. The van der Waals surface area contributed by atoms with Crippen molar-refractivity contribution in [1.82, 2.24) is 9.97 Å². The number of aryl methyl sites for hydroxylation is 2. The van der Waals surface area contributed by atoms with E-state index >= 15 is 0 Å². The highest BCUT2D eigenvalue weighted by Crippen LogP contribution is 2.25. The van der Waals surface area contributed by atoms with Crippen LogP contribution in [0.2, 0.25) is 0 Å². The maximum Gasteiger partial charge on any atom is 0.222 e. The quantitative estimate of drug-likeness (QED) is 0.874. The summed E-state index contributed by atoms with van der Waals surface area (Å²) in [5.74, 6) is -0.369. The van der Waals surface area contributed by atoms with Crippen LogP contribution in [0.5, 0.6) is 0 Å². The molecule has 1 aromatic heterocycles. The first-order valence-corrected chi connectivity index (χ1v) is 5.75. The van der Waals surface area contributed by atoms with Crippen molar-refractivity contribution < 1.29 is 4.39 Å². The van der Waals surface area contributed by atoms with Crippen molar-refractivity contribution in [3.8, 4) is 0 Å². The molecule has 1 heterocycles. The smallest absolute Gasteiger partial charge is 0.222 e. The Labute approximate surface area is 105 Å². The molecule has 0 amide bonds. The van der Waals surface area contributed by atoms with Crippen LogP contribution in [0, 0.1) is 12.7 Å². The van der Waals surface area contributed by atoms with E-state index < -0.39 is 5.82 Å². The number of nitrogens with two attached hydrogens (primary N) is 1. The second kappa shape index (κ2) is 5.00. The lowest BCUT2D eigenvalue weighted by Crippen LogP contribution is -2.05. The number of hydrogen-bond donors (Lipinski definition) is 2. The van der Waals surface area contributed by atoms with E-state index in [1.807, 2.05) is 32.0 Å². The summed E-state index contributed by atoms with van der Waals surface area (Å²) >= 11 is 0. The van der Waals surface area contributed by atoms with Gasteiger partial charge >= 0.3 is 0 Å². The lowest BCUT2D eigenvalue weighted by atomic mass is 10.1. The Hall–Kier alpha value is -2.17. The lowest BCUT2D eigenvalue weighted by molar-refractivity contribution is 0.619. The number of nitrogens with one attached hydrogen (secondary N) is 1. The third-order valence-electron chi connectivity index (χ3n) is 2.75. The number of anilines is 3. The summed E-state index contributed by atoms with van der Waals surface area (Å²) in [6.07, 6.45) is 1.92. The van der Waals surface area contributed by atoms with Crippen LogP contribution in [0.15, 0.2) is 24.4 Å². The average Bonchev–Trinajstić information content (AvgIpc) is 2.36. The number of hydrogen-bond acceptors (Lipinski definition) is 4. The zero-order valence-electron chi connectivity index (χ0n) is 10.4. The van der Waals surface area contributed by atoms with Gasteiger partial charge in [-0.15, -0.1) is 0 Å². The van der Waals surface area contributed by atoms with Crippen molar-refractivity contribution in [2.45, 2.75) is 20.3 Å². The Kier molecular flexibility index (Phi) is 3.41. The Morgan fingerprint density at radius 2 is 2.17 bits per heavy atom. The van der Waals surface area contributed by atoms with Crippen LogP contribution in [0.25, 0.3) is 0 Å². The monoisotopic (exact) mass is 246 g/mol. The van der Waals surface area contributed by atoms with Gasteiger partial charge in [0.2, 0.25) is 5.95 Å². The van der Waals surface area contributed by atoms with E-state index in [-0.39, 0.29) is 11.8 Å². The lowest BCUT2D eigenvalue weighted by Gasteiger charge is -2.13. The zero-order chi connectivity index (χ0) is 13.1. The molecule has 4 nitrogen and oxygen atoms in total. The van der Waals surface area contributed by atoms with Crippen molar-refractivity contribution >= 4 is 17.5 Å². The predicted octanol–water partition coefficient (Wildman–Crippen LogP) is 2.81. The molecule has 94 valence electrons. The topological polar surface area (TPSA) is 63.8 Å². The van der Waals surface area contributed by atoms with E-state index in [4.69, 9.17) is 5.73 Å². The first-order valence-electron chi connectivity index (χ1n) is 5.75. The van der Waals surface area contributed by atoms with Crippen molar-refractivity contribution in [1.29, 1.82) is 0 Å². The summed E-state index contributed by atoms with van der Waals surface area (Å²) in [5, 5.41) is 2.99. The van der Waals surface area contributed by atoms with Crippen molar-refractivity contribution in [3.63, 3.8) is 0 Å². The van der Waals surface area contributed by atoms with Crippen LogP contribution in [0.4, 0.5) is 21.8 Å². The van der Waals surface area contributed by atoms with Crippen LogP contribution in [0.3, 0.4) is 0 Å². The first-order chi connectivity index (χ1) is 8.61. The van der Waals surface area contributed by atoms with E-state index in [0.717, 1.165) is 29.4 Å². The van der Waals surface area contributed by atoms with E-state index in [1.54, 1.807) is 0 Å². The molecule has 0 saturated heterocycles. The van der Waals surface area contributed by atoms with Gasteiger partial charge in [0.1, 0.15) is 0 Å². The SMILES string of the molecule is CCc1cccc(C)c1Nc1nc(N)ncc1F. The highest BCUT2D eigenvalue weighted by molar-refractivity contribution is 5.65. The van der Waals surface area contributed by atoms with Crippen molar-refractivity contribution in [2.75, 3.05) is 11.1 Å². The summed E-state index contributed by atoms with van der Waals surface area (Å²) < 4.78 is 13.6. The third kappa shape index (κ3) is 2.40. The van der Waals surface area contributed by atoms with Crippen LogP contribution in [-0.2, 0) is 6.42 Å². The molecule has 0 aliphatic rings. The number of nitrogens with zero attached hydrogens (tertiary/aromatic N) is 2. The minimum absolute atomic E-state index is 0.0468. The molecule has 0 radical (unpaired) electrons. The largest absolute Gasteiger partial charge is 0.368 e. The Morgan fingerprint density at radius 3 is 2.89 bits per heavy atom. The molecular weight excluding hydrogens is 231 g/mol. The molecule has 18 heavy (non-hydrogen) atoms. The zero-order valence-corrected chi connectivity index (χ0v) is 10.4. The molecule has 3 N–H and O–H groups in total. The van der Waals surface area contributed by atoms with Crippen LogP contribution in [-0.4, -0.2) is 9.97 Å². The van der Waals surface area contributed by atoms with Gasteiger partial charge in [-0.1, -0.05) is 25.1 Å². The second-order valence-electron chi connectivity index (χ2n) is 4.01. The average molecular weight is 246 g/mol. The number of para-hydroxylation sites is 1. The fourth-order valence-electron chi connectivity index (χ4n) is 1.79. The first kappa shape index (κ1) is 12.3. The number of rotatable bonds is 3. The fourth-order valence-corrected chi connectivity index (χ4v) is 1.79. The summed E-state index contributed by atoms with van der Waals surface area (Å²) in [6.45, 7) is 4.01. The number of halogens is 1. The number of benzene rings is 1. The Bertz CT molecular complexity index is 569. The highest BCUT2D eigenvalue weighted by atomic mass is 19.1. The molecule has 0 bridgehead atoms. The summed E-state index contributed by atoms with van der Waals surface area (Å²) in [4.78, 5) is 7.46. The van der Waals surface area contributed by atoms with E-state index in [2.05, 4.69) is 15.3 Å². The van der Waals surface area contributed by atoms with Gasteiger partial charge in [0.15, 0.2) is 11.6 Å². The van der Waals surface area contributed by atoms with Gasteiger partial charge in [0, 0.05) is 5.69 Å². The van der Waals surface area contributed by atoms with Crippen LogP contribution >= 0.6 is 0 Å². The Morgan fingerprint density at radius 1 is 1.39 bits per heavy atom. The van der Waals surface area contributed by atoms with E-state index in [0.29, 0.717) is 0 Å². The minimum Gasteiger partial charge on any atom is -0.368 e. The van der Waals surface area contributed by atoms with Crippen molar-refractivity contribution in [3.05, 3.63) is 41.3 Å². The summed E-state index contributed by atoms with van der Waals surface area (Å²) in [7, 11) is 0. The van der Waals surface area contributed by atoms with E-state index in [1.165, 1.54) is 0 Å². The standard InChI is InChI=1S/C13H15FN4/c1-3-9-6-4-5-8(2)11(9)17-12-10(14)7-16-13(15)18-12/h4-7H,3H2,1-2H3,(H3,15,16,17,18). The van der Waals surface area contributed by atoms with Gasteiger partial charge in [-0.3, -0.25) is 0 Å². The van der Waals surface area contributed by atoms with Gasteiger partial charge in [0.25, 0.3) is 0 Å². The molecule has 0 atom stereocenters. The Balaban J connectivity index is 2.42. The molecule has 0 saturated carbocycles. The van der Waals surface area contributed by atoms with Crippen molar-refractivity contribution in [2.24, 2.45) is 0 Å². The fraction of sp³-hybridized carbons (Fsp3) is 0.231. The molecule has 0 spiro atoms. The normalized spacial score (nSPS) is 10.4. The van der Waals surface area contributed by atoms with Gasteiger partial charge in [0.05, 0.1) is 6.20 Å². The van der Waals surface area contributed by atoms with Gasteiger partial charge in [-0.25, -0.2) is 9.37 Å². The molecule has 5 heteroatoms. The molecule has 0 unspecified atom stereocenters. The number of aromatic nitrogens is 2. The molecule has 2 aromatic rings. The van der Waals surface area contributed by atoms with Crippen LogP contribution < -0.4 is 11.1 Å². The van der Waals surface area contributed by atoms with Gasteiger partial charge < -0.3 is 11.1 Å². The maximum atomic E-state index is 13.6. The van der Waals surface area contributed by atoms with Gasteiger partial charge in [-0.05, 0) is 24.5 Å². The minimum atomic E-state index is -0.519. The summed E-state index contributed by atoms with van der Waals surface area (Å²) in [6, 6.07) is 5.94. The summed E-state index contributed by atoms with van der Waals surface area (Å²) in [5.41, 5.74) is 8.47. The predicted molar refractivity (Wildman–Crippen MR) is 70.2 cm³/mol. The molecular formula is C13H15FN4. The second-order valence-corrected chi connectivity index (χ2v) is 4.01. The third-order valence-corrected chi connectivity index (χ3v) is 2.75. The maximum absolute atomic E-state index is 13.6. The molecule has 0 aliphatic carbocycles. The van der Waals surface area contributed by atoms with Crippen LogP contribution in [0.1, 0.15) is 18.1 Å². The molecule has 2 rings (SSSR count). The van der Waals surface area contributed by atoms with Gasteiger partial charge in [-0.2, -0.15) is 4.98 Å². The van der Waals surface area contributed by atoms with E-state index in [9.17, 15) is 4.39 Å². The number of nitrogen functional groups attached to an aromatic ring is 1. The highest BCUT2D eigenvalue weighted by Gasteiger charge is 2.09. The molecule has 0 aliphatic heterocycles.